The van der Waals surface area contributed by atoms with Gasteiger partial charge in [0.15, 0.2) is 0 Å². The largest absolute Gasteiger partial charge is 0.338 e. The first-order valence-corrected chi connectivity index (χ1v) is 19.6. The number of fused-ring (bicyclic) bond motifs is 2. The zero-order chi connectivity index (χ0) is 33.9. The second-order valence-electron chi connectivity index (χ2n) is 13.9. The van der Waals surface area contributed by atoms with E-state index in [1.165, 1.54) is 22.3 Å². The molecule has 252 valence electrons. The van der Waals surface area contributed by atoms with Crippen LogP contribution in [0.15, 0.2) is 93.7 Å². The highest BCUT2D eigenvalue weighted by atomic mass is 32.3. The van der Waals surface area contributed by atoms with Gasteiger partial charge in [-0.15, -0.1) is 10.2 Å². The summed E-state index contributed by atoms with van der Waals surface area (Å²) in [4.78, 5) is 31.1. The number of pyridine rings is 1. The molecule has 0 atom stereocenters. The van der Waals surface area contributed by atoms with Gasteiger partial charge in [0.2, 0.25) is 0 Å². The first-order chi connectivity index (χ1) is 23.1. The van der Waals surface area contributed by atoms with Gasteiger partial charge in [-0.2, -0.15) is 4.57 Å². The number of rotatable bonds is 12. The number of benzene rings is 3. The Labute approximate surface area is 291 Å². The Bertz CT molecular complexity index is 1800. The lowest BCUT2D eigenvalue weighted by Gasteiger charge is -2.49. The number of hydrogen-bond donors (Lipinski definition) is 0. The topological polar surface area (TPSA) is 47.7 Å². The van der Waals surface area contributed by atoms with Crippen molar-refractivity contribution in [3.8, 4) is 5.69 Å². The third-order valence-electron chi connectivity index (χ3n) is 9.53. The summed E-state index contributed by atoms with van der Waals surface area (Å²) in [7, 11) is 9.29. The van der Waals surface area contributed by atoms with Crippen LogP contribution in [0.25, 0.3) is 22.7 Å². The molecule has 2 aliphatic heterocycles. The fourth-order valence-corrected chi connectivity index (χ4v) is 11.4. The van der Waals surface area contributed by atoms with Crippen LogP contribution in [-0.4, -0.2) is 94.3 Å². The molecule has 0 aliphatic carbocycles. The average molecular weight is 684 g/mol. The number of thioether (sulfide) groups is 1. The molecule has 0 saturated carbocycles. The number of carbonyl (C=O) groups is 2. The van der Waals surface area contributed by atoms with Gasteiger partial charge >= 0.3 is 0 Å². The lowest BCUT2D eigenvalue weighted by atomic mass is 10.1. The van der Waals surface area contributed by atoms with Crippen molar-refractivity contribution in [2.75, 3.05) is 82.7 Å². The Morgan fingerprint density at radius 1 is 0.896 bits per heavy atom. The van der Waals surface area contributed by atoms with E-state index in [9.17, 15) is 9.59 Å². The normalized spacial score (nSPS) is 16.7. The van der Waals surface area contributed by atoms with Gasteiger partial charge < -0.3 is 19.0 Å². The zero-order valence-electron chi connectivity index (χ0n) is 29.0. The molecular weight excluding hydrogens is 635 g/mol. The van der Waals surface area contributed by atoms with Gasteiger partial charge in [0, 0.05) is 52.9 Å². The lowest BCUT2D eigenvalue weighted by molar-refractivity contribution is -0.868. The minimum atomic E-state index is -1.75. The van der Waals surface area contributed by atoms with Crippen molar-refractivity contribution < 1.29 is 18.6 Å². The SMILES string of the molecule is CN(CC[N+](C)(C)C)c1cc(/C=C2\Sc3cc(S(CC=O)(CC=O)N4CCCCC4)ccc3N2C)c2ccccc2[n+]1-c1ccccc1. The number of anilines is 2. The summed E-state index contributed by atoms with van der Waals surface area (Å²) in [6.45, 7) is 3.82. The molecule has 2 aliphatic rings. The van der Waals surface area contributed by atoms with Crippen molar-refractivity contribution in [2.45, 2.75) is 29.1 Å². The van der Waals surface area contributed by atoms with Crippen molar-refractivity contribution in [3.63, 3.8) is 0 Å². The molecule has 6 rings (SSSR count). The van der Waals surface area contributed by atoms with Crippen LogP contribution < -0.4 is 14.4 Å². The van der Waals surface area contributed by atoms with Crippen LogP contribution in [0.2, 0.25) is 0 Å². The number of hydrogen-bond acceptors (Lipinski definition) is 6. The van der Waals surface area contributed by atoms with Gasteiger partial charge in [-0.1, -0.05) is 54.6 Å². The quantitative estimate of drug-likeness (QED) is 0.0935. The highest BCUT2D eigenvalue weighted by molar-refractivity contribution is 8.32. The molecular formula is C39H49N5O2S2+2. The molecule has 7 nitrogen and oxygen atoms in total. The van der Waals surface area contributed by atoms with E-state index in [-0.39, 0.29) is 0 Å². The second-order valence-corrected chi connectivity index (χ2v) is 18.3. The fourth-order valence-electron chi connectivity index (χ4n) is 6.84. The molecule has 0 bridgehead atoms. The molecule has 1 fully saturated rings. The maximum atomic E-state index is 12.1. The van der Waals surface area contributed by atoms with E-state index in [1.807, 2.05) is 0 Å². The van der Waals surface area contributed by atoms with Gasteiger partial charge in [-0.3, -0.25) is 9.21 Å². The molecule has 1 saturated heterocycles. The van der Waals surface area contributed by atoms with Gasteiger partial charge in [-0.25, -0.2) is 0 Å². The van der Waals surface area contributed by atoms with Crippen LogP contribution in [0, 0.1) is 0 Å². The molecule has 0 radical (unpaired) electrons. The van der Waals surface area contributed by atoms with E-state index in [4.69, 9.17) is 0 Å². The number of nitrogens with zero attached hydrogens (tertiary/aromatic N) is 5. The molecule has 0 N–H and O–H groups in total. The summed E-state index contributed by atoms with van der Waals surface area (Å²) in [5, 5.41) is 2.34. The van der Waals surface area contributed by atoms with E-state index < -0.39 is 10.2 Å². The second kappa shape index (κ2) is 14.5. The van der Waals surface area contributed by atoms with Crippen LogP contribution in [0.5, 0.6) is 0 Å². The molecule has 0 spiro atoms. The summed E-state index contributed by atoms with van der Waals surface area (Å²) in [5.74, 6) is 1.94. The first kappa shape index (κ1) is 34.2. The van der Waals surface area contributed by atoms with E-state index in [0.29, 0.717) is 11.5 Å². The highest BCUT2D eigenvalue weighted by Gasteiger charge is 2.35. The van der Waals surface area contributed by atoms with Crippen molar-refractivity contribution in [1.29, 1.82) is 0 Å². The average Bonchev–Trinajstić information content (AvgIpc) is 3.41. The van der Waals surface area contributed by atoms with Crippen LogP contribution in [0.1, 0.15) is 24.8 Å². The third-order valence-corrected chi connectivity index (χ3v) is 14.5. The first-order valence-electron chi connectivity index (χ1n) is 16.9. The molecule has 3 heterocycles. The summed E-state index contributed by atoms with van der Waals surface area (Å²) < 4.78 is 5.74. The Hall–Kier alpha value is -3.63. The zero-order valence-corrected chi connectivity index (χ0v) is 30.6. The molecule has 48 heavy (non-hydrogen) atoms. The van der Waals surface area contributed by atoms with Gasteiger partial charge in [0.25, 0.3) is 5.82 Å². The predicted molar refractivity (Wildman–Crippen MR) is 203 cm³/mol. The highest BCUT2D eigenvalue weighted by Crippen LogP contribution is 2.60. The summed E-state index contributed by atoms with van der Waals surface area (Å²) >= 11 is 1.77. The Morgan fingerprint density at radius 3 is 2.27 bits per heavy atom. The van der Waals surface area contributed by atoms with Crippen molar-refractivity contribution in [2.24, 2.45) is 0 Å². The van der Waals surface area contributed by atoms with Crippen LogP contribution in [0.4, 0.5) is 11.5 Å². The van der Waals surface area contributed by atoms with Gasteiger partial charge in [0.05, 0.1) is 38.9 Å². The predicted octanol–water partition coefficient (Wildman–Crippen LogP) is 6.76. The molecule has 3 aromatic carbocycles. The molecule has 9 heteroatoms. The number of aldehydes is 2. The minimum Gasteiger partial charge on any atom is -0.338 e. The smallest absolute Gasteiger partial charge is 0.282 e. The van der Waals surface area contributed by atoms with Crippen molar-refractivity contribution in [3.05, 3.63) is 89.5 Å². The Kier molecular flexibility index (Phi) is 10.3. The lowest BCUT2D eigenvalue weighted by Crippen LogP contribution is -2.45. The van der Waals surface area contributed by atoms with Crippen molar-refractivity contribution >= 4 is 63.0 Å². The van der Waals surface area contributed by atoms with Crippen LogP contribution >= 0.6 is 22.0 Å². The Balaban J connectivity index is 1.43. The van der Waals surface area contributed by atoms with Crippen molar-refractivity contribution in [1.82, 2.24) is 4.31 Å². The fraction of sp³-hybridized carbons (Fsp3) is 0.359. The summed E-state index contributed by atoms with van der Waals surface area (Å²) in [6.07, 6.45) is 7.82. The molecule has 4 aromatic rings. The summed E-state index contributed by atoms with van der Waals surface area (Å²) in [5.41, 5.74) is 4.62. The summed E-state index contributed by atoms with van der Waals surface area (Å²) in [6, 6.07) is 28.3. The number of para-hydroxylation sites is 2. The van der Waals surface area contributed by atoms with Gasteiger partial charge in [0.1, 0.15) is 36.9 Å². The number of carbonyl (C=O) groups excluding carboxylic acids is 2. The van der Waals surface area contributed by atoms with E-state index in [1.54, 1.807) is 11.8 Å². The molecule has 0 unspecified atom stereocenters. The van der Waals surface area contributed by atoms with E-state index in [0.717, 1.165) is 88.7 Å². The maximum Gasteiger partial charge on any atom is 0.282 e. The van der Waals surface area contributed by atoms with E-state index in [2.05, 4.69) is 139 Å². The monoisotopic (exact) mass is 683 g/mol. The number of piperidine rings is 1. The van der Waals surface area contributed by atoms with E-state index >= 15 is 0 Å². The van der Waals surface area contributed by atoms with Gasteiger partial charge in [-0.05, 0) is 60.9 Å². The molecule has 1 aromatic heterocycles. The number of likely N-dealkylation sites (N-methyl/N-ethyl adjacent to an activating group) is 2. The Morgan fingerprint density at radius 2 is 1.58 bits per heavy atom. The standard InChI is InChI=1S/C39H49N5O2S2/c1-40(22-23-44(3,4)5)38-28-31(34-16-10-11-17-35(34)43(38)32-14-8-6-9-15-32)29-39-41(2)36-19-18-33(30-37(36)47-39)48(26-24-45,27-25-46)42-20-12-7-13-21-42/h6,8-11,14-19,24-25,28-30H,7,12-13,20-23,26-27H2,1-5H3/q+2. The maximum absolute atomic E-state index is 12.1. The third kappa shape index (κ3) is 6.92. The number of quaternary nitrogens is 1. The van der Waals surface area contributed by atoms with Crippen LogP contribution in [0.3, 0.4) is 0 Å². The number of aromatic nitrogens is 1. The van der Waals surface area contributed by atoms with Crippen LogP contribution in [-0.2, 0) is 9.59 Å². The molecule has 0 amide bonds. The minimum absolute atomic E-state index is 0.398.